The van der Waals surface area contributed by atoms with Crippen LogP contribution >= 0.6 is 0 Å². The minimum Gasteiger partial charge on any atom is -0.468 e. The first-order chi connectivity index (χ1) is 9.87. The largest absolute Gasteiger partial charge is 0.468 e. The Morgan fingerprint density at radius 1 is 1.33 bits per heavy atom. The highest BCUT2D eigenvalue weighted by Gasteiger charge is 2.39. The molecule has 2 rings (SSSR count). The molecule has 0 aliphatic carbocycles. The molecule has 1 aromatic carbocycles. The number of piperidine rings is 1. The summed E-state index contributed by atoms with van der Waals surface area (Å²) in [6, 6.07) is 1.20. The average Bonchev–Trinajstić information content (AvgIpc) is 2.48. The molecule has 0 bridgehead atoms. The standard InChI is InChI=1S/C13H15F2NO4S/c1-20-13(17)11-4-2-3-7-16(11)21(18,19)12-8-9(14)5-6-10(12)15/h5-6,8,11H,2-4,7H2,1H3/t11-/m1/s1. The Kier molecular flexibility index (Phi) is 4.58. The Morgan fingerprint density at radius 3 is 2.71 bits per heavy atom. The molecule has 21 heavy (non-hydrogen) atoms. The van der Waals surface area contributed by atoms with Gasteiger partial charge in [0.05, 0.1) is 7.11 Å². The third-order valence-electron chi connectivity index (χ3n) is 3.41. The van der Waals surface area contributed by atoms with E-state index in [1.165, 1.54) is 0 Å². The van der Waals surface area contributed by atoms with E-state index in [4.69, 9.17) is 0 Å². The van der Waals surface area contributed by atoms with Gasteiger partial charge in [-0.05, 0) is 37.5 Å². The Hall–Kier alpha value is -1.54. The minimum absolute atomic E-state index is 0.0675. The Morgan fingerprint density at radius 2 is 2.05 bits per heavy atom. The van der Waals surface area contributed by atoms with E-state index in [9.17, 15) is 22.0 Å². The summed E-state index contributed by atoms with van der Waals surface area (Å²) in [5, 5.41) is 0. The molecule has 5 nitrogen and oxygen atoms in total. The van der Waals surface area contributed by atoms with Gasteiger partial charge in [0.15, 0.2) is 0 Å². The van der Waals surface area contributed by atoms with Crippen molar-refractivity contribution in [2.45, 2.75) is 30.2 Å². The van der Waals surface area contributed by atoms with Crippen molar-refractivity contribution in [3.05, 3.63) is 29.8 Å². The predicted octanol–water partition coefficient (Wildman–Crippen LogP) is 1.68. The van der Waals surface area contributed by atoms with Gasteiger partial charge >= 0.3 is 5.97 Å². The lowest BCUT2D eigenvalue weighted by Crippen LogP contribution is -2.48. The van der Waals surface area contributed by atoms with Crippen LogP contribution in [0.3, 0.4) is 0 Å². The van der Waals surface area contributed by atoms with E-state index in [2.05, 4.69) is 4.74 Å². The number of methoxy groups -OCH3 is 1. The van der Waals surface area contributed by atoms with Crippen LogP contribution in [0.4, 0.5) is 8.78 Å². The molecule has 0 spiro atoms. The molecular formula is C13H15F2NO4S. The van der Waals surface area contributed by atoms with E-state index >= 15 is 0 Å². The fourth-order valence-corrected chi connectivity index (χ4v) is 4.09. The molecule has 0 saturated carbocycles. The van der Waals surface area contributed by atoms with Gasteiger partial charge in [-0.25, -0.2) is 17.2 Å². The second kappa shape index (κ2) is 6.07. The van der Waals surface area contributed by atoms with Gasteiger partial charge in [-0.2, -0.15) is 4.31 Å². The van der Waals surface area contributed by atoms with Crippen LogP contribution in [0.5, 0.6) is 0 Å². The summed E-state index contributed by atoms with van der Waals surface area (Å²) in [5.41, 5.74) is 0. The molecule has 0 unspecified atom stereocenters. The number of hydrogen-bond acceptors (Lipinski definition) is 4. The zero-order valence-electron chi connectivity index (χ0n) is 11.4. The van der Waals surface area contributed by atoms with E-state index in [1.54, 1.807) is 0 Å². The lowest BCUT2D eigenvalue weighted by molar-refractivity contribution is -0.146. The lowest BCUT2D eigenvalue weighted by atomic mass is 10.1. The smallest absolute Gasteiger partial charge is 0.324 e. The van der Waals surface area contributed by atoms with Crippen molar-refractivity contribution >= 4 is 16.0 Å². The summed E-state index contributed by atoms with van der Waals surface area (Å²) in [6.07, 6.45) is 1.50. The molecule has 1 atom stereocenters. The molecule has 1 heterocycles. The molecule has 0 N–H and O–H groups in total. The molecule has 1 saturated heterocycles. The van der Waals surface area contributed by atoms with Gasteiger partial charge < -0.3 is 4.74 Å². The number of nitrogens with zero attached hydrogens (tertiary/aromatic N) is 1. The first-order valence-corrected chi connectivity index (χ1v) is 7.86. The SMILES string of the molecule is COC(=O)[C@H]1CCCCN1S(=O)(=O)c1cc(F)ccc1F. The fraction of sp³-hybridized carbons (Fsp3) is 0.462. The van der Waals surface area contributed by atoms with Gasteiger partial charge in [0.25, 0.3) is 0 Å². The van der Waals surface area contributed by atoms with Gasteiger partial charge in [-0.15, -0.1) is 0 Å². The van der Waals surface area contributed by atoms with Gasteiger partial charge in [0.2, 0.25) is 10.0 Å². The van der Waals surface area contributed by atoms with Crippen LogP contribution in [0, 0.1) is 11.6 Å². The summed E-state index contributed by atoms with van der Waals surface area (Å²) in [6.45, 7) is 0.0675. The first-order valence-electron chi connectivity index (χ1n) is 6.42. The fourth-order valence-electron chi connectivity index (χ4n) is 2.37. The van der Waals surface area contributed by atoms with Crippen molar-refractivity contribution in [3.63, 3.8) is 0 Å². The van der Waals surface area contributed by atoms with Crippen molar-refractivity contribution in [2.24, 2.45) is 0 Å². The van der Waals surface area contributed by atoms with Crippen molar-refractivity contribution in [1.82, 2.24) is 4.31 Å². The first kappa shape index (κ1) is 15.8. The highest BCUT2D eigenvalue weighted by Crippen LogP contribution is 2.27. The number of rotatable bonds is 3. The van der Waals surface area contributed by atoms with Gasteiger partial charge in [0.1, 0.15) is 22.6 Å². The van der Waals surface area contributed by atoms with E-state index in [0.29, 0.717) is 25.3 Å². The van der Waals surface area contributed by atoms with Crippen LogP contribution in [-0.4, -0.2) is 38.4 Å². The van der Waals surface area contributed by atoms with E-state index in [1.807, 2.05) is 0 Å². The third kappa shape index (κ3) is 3.06. The quantitative estimate of drug-likeness (QED) is 0.795. The number of hydrogen-bond donors (Lipinski definition) is 0. The van der Waals surface area contributed by atoms with E-state index in [0.717, 1.165) is 23.5 Å². The Bertz CT molecular complexity index is 648. The number of carbonyl (C=O) groups excluding carboxylic acids is 1. The average molecular weight is 319 g/mol. The molecule has 1 aliphatic heterocycles. The second-order valence-corrected chi connectivity index (χ2v) is 6.58. The molecular weight excluding hydrogens is 304 g/mol. The van der Waals surface area contributed by atoms with E-state index in [-0.39, 0.29) is 6.54 Å². The highest BCUT2D eigenvalue weighted by atomic mass is 32.2. The van der Waals surface area contributed by atoms with Crippen molar-refractivity contribution in [3.8, 4) is 0 Å². The zero-order valence-corrected chi connectivity index (χ0v) is 12.2. The van der Waals surface area contributed by atoms with Crippen LogP contribution in [0.15, 0.2) is 23.1 Å². The maximum absolute atomic E-state index is 13.7. The maximum atomic E-state index is 13.7. The molecule has 0 radical (unpaired) electrons. The molecule has 116 valence electrons. The number of carbonyl (C=O) groups is 1. The molecule has 0 aromatic heterocycles. The van der Waals surface area contributed by atoms with Crippen LogP contribution in [-0.2, 0) is 19.6 Å². The van der Waals surface area contributed by atoms with Gasteiger partial charge in [0, 0.05) is 6.54 Å². The predicted molar refractivity (Wildman–Crippen MR) is 69.9 cm³/mol. The molecule has 8 heteroatoms. The number of sulfonamides is 1. The number of benzene rings is 1. The summed E-state index contributed by atoms with van der Waals surface area (Å²) in [7, 11) is -3.14. The minimum atomic E-state index is -4.30. The highest BCUT2D eigenvalue weighted by molar-refractivity contribution is 7.89. The number of halogens is 2. The van der Waals surface area contributed by atoms with Crippen LogP contribution in [0.25, 0.3) is 0 Å². The normalized spacial score (nSPS) is 20.2. The molecule has 0 amide bonds. The molecule has 1 fully saturated rings. The number of esters is 1. The van der Waals surface area contributed by atoms with Gasteiger partial charge in [-0.1, -0.05) is 0 Å². The third-order valence-corrected chi connectivity index (χ3v) is 5.33. The summed E-state index contributed by atoms with van der Waals surface area (Å²) in [5.74, 6) is -2.61. The van der Waals surface area contributed by atoms with Crippen molar-refractivity contribution < 1.29 is 26.7 Å². The molecule has 1 aliphatic rings. The lowest BCUT2D eigenvalue weighted by Gasteiger charge is -2.32. The number of ether oxygens (including phenoxy) is 1. The van der Waals surface area contributed by atoms with Crippen LogP contribution in [0.1, 0.15) is 19.3 Å². The second-order valence-electron chi connectivity index (χ2n) is 4.73. The van der Waals surface area contributed by atoms with Crippen molar-refractivity contribution in [1.29, 1.82) is 0 Å². The topological polar surface area (TPSA) is 63.7 Å². The monoisotopic (exact) mass is 319 g/mol. The van der Waals surface area contributed by atoms with Crippen molar-refractivity contribution in [2.75, 3.05) is 13.7 Å². The summed E-state index contributed by atoms with van der Waals surface area (Å²) in [4.78, 5) is 10.9. The molecule has 1 aromatic rings. The van der Waals surface area contributed by atoms with Crippen LogP contribution < -0.4 is 0 Å². The van der Waals surface area contributed by atoms with Gasteiger partial charge in [-0.3, -0.25) is 4.79 Å². The Balaban J connectivity index is 2.45. The van der Waals surface area contributed by atoms with Crippen LogP contribution in [0.2, 0.25) is 0 Å². The zero-order chi connectivity index (χ0) is 15.6. The maximum Gasteiger partial charge on any atom is 0.324 e. The summed E-state index contributed by atoms with van der Waals surface area (Å²) >= 11 is 0. The summed E-state index contributed by atoms with van der Waals surface area (Å²) < 4.78 is 57.5. The van der Waals surface area contributed by atoms with E-state index < -0.39 is 38.6 Å². The Labute approximate surface area is 121 Å².